The first-order chi connectivity index (χ1) is 7.86. The summed E-state index contributed by atoms with van der Waals surface area (Å²) < 4.78 is 0. The van der Waals surface area contributed by atoms with Crippen molar-refractivity contribution < 1.29 is 0 Å². The molecule has 1 nitrogen and oxygen atoms in total. The molecule has 0 aliphatic carbocycles. The van der Waals surface area contributed by atoms with E-state index in [1.165, 1.54) is 43.2 Å². The summed E-state index contributed by atoms with van der Waals surface area (Å²) in [5.41, 5.74) is 2.66. The third-order valence-corrected chi connectivity index (χ3v) is 2.68. The van der Waals surface area contributed by atoms with Gasteiger partial charge in [0.1, 0.15) is 0 Å². The lowest BCUT2D eigenvalue weighted by Gasteiger charge is -2.00. The monoisotopic (exact) mass is 217 g/mol. The zero-order valence-corrected chi connectivity index (χ0v) is 10.6. The fourth-order valence-corrected chi connectivity index (χ4v) is 1.57. The first-order valence-electron chi connectivity index (χ1n) is 6.45. The van der Waals surface area contributed by atoms with Gasteiger partial charge in [-0.05, 0) is 30.4 Å². The van der Waals surface area contributed by atoms with Gasteiger partial charge in [-0.15, -0.1) is 0 Å². The average Bonchev–Trinajstić information content (AvgIpc) is 2.33. The molecule has 1 aromatic rings. The van der Waals surface area contributed by atoms with Crippen molar-refractivity contribution in [1.29, 1.82) is 0 Å². The normalized spacial score (nSPS) is 11.1. The number of hydrogen-bond donors (Lipinski definition) is 0. The minimum absolute atomic E-state index is 0.952. The van der Waals surface area contributed by atoms with E-state index in [0.717, 1.165) is 6.54 Å². The van der Waals surface area contributed by atoms with Gasteiger partial charge in [0.25, 0.3) is 0 Å². The van der Waals surface area contributed by atoms with Gasteiger partial charge in [0.15, 0.2) is 0 Å². The highest BCUT2D eigenvalue weighted by molar-refractivity contribution is 5.79. The molecule has 0 radical (unpaired) electrons. The molecule has 0 atom stereocenters. The van der Waals surface area contributed by atoms with Crippen LogP contribution in [0, 0.1) is 0 Å². The molecule has 0 aliphatic heterocycles. The lowest BCUT2D eigenvalue weighted by atomic mass is 10.1. The number of nitrogens with zero attached hydrogens (tertiary/aromatic N) is 1. The summed E-state index contributed by atoms with van der Waals surface area (Å²) in [6, 6.07) is 8.77. The van der Waals surface area contributed by atoms with Crippen LogP contribution in [0.15, 0.2) is 29.3 Å². The molecule has 0 saturated heterocycles. The molecule has 0 N–H and O–H groups in total. The summed E-state index contributed by atoms with van der Waals surface area (Å²) >= 11 is 0. The molecule has 1 aromatic carbocycles. The van der Waals surface area contributed by atoms with Crippen LogP contribution in [0.5, 0.6) is 0 Å². The van der Waals surface area contributed by atoms with E-state index in [0.29, 0.717) is 0 Å². The molecule has 0 aromatic heterocycles. The Morgan fingerprint density at radius 3 is 2.31 bits per heavy atom. The van der Waals surface area contributed by atoms with Crippen LogP contribution in [0.4, 0.5) is 0 Å². The van der Waals surface area contributed by atoms with E-state index < -0.39 is 0 Å². The Bertz CT molecular complexity index is 298. The van der Waals surface area contributed by atoms with Crippen molar-refractivity contribution in [3.63, 3.8) is 0 Å². The van der Waals surface area contributed by atoms with Crippen LogP contribution in [-0.2, 0) is 6.42 Å². The lowest BCUT2D eigenvalue weighted by molar-refractivity contribution is 0.795. The molecular weight excluding hydrogens is 194 g/mol. The minimum atomic E-state index is 0.952. The Morgan fingerprint density at radius 1 is 1.00 bits per heavy atom. The number of rotatable bonds is 7. The Balaban J connectivity index is 2.41. The zero-order valence-electron chi connectivity index (χ0n) is 10.6. The van der Waals surface area contributed by atoms with Crippen LogP contribution in [0.3, 0.4) is 0 Å². The van der Waals surface area contributed by atoms with Crippen molar-refractivity contribution in [1.82, 2.24) is 0 Å². The van der Waals surface area contributed by atoms with E-state index in [9.17, 15) is 0 Å². The molecule has 0 fully saturated rings. The van der Waals surface area contributed by atoms with Crippen molar-refractivity contribution in [2.75, 3.05) is 6.54 Å². The fourth-order valence-electron chi connectivity index (χ4n) is 1.57. The summed E-state index contributed by atoms with van der Waals surface area (Å²) in [4.78, 5) is 4.40. The van der Waals surface area contributed by atoms with Gasteiger partial charge >= 0.3 is 0 Å². The number of benzene rings is 1. The lowest BCUT2D eigenvalue weighted by Crippen LogP contribution is -1.87. The number of aliphatic imine (C=N–C) groups is 1. The molecule has 0 saturated carbocycles. The predicted molar refractivity (Wildman–Crippen MR) is 72.4 cm³/mol. The van der Waals surface area contributed by atoms with Crippen molar-refractivity contribution in [2.24, 2.45) is 4.99 Å². The van der Waals surface area contributed by atoms with Crippen molar-refractivity contribution in [2.45, 2.75) is 46.0 Å². The Labute approximate surface area is 99.6 Å². The fraction of sp³-hybridized carbons (Fsp3) is 0.533. The van der Waals surface area contributed by atoms with Crippen molar-refractivity contribution in [3.05, 3.63) is 35.4 Å². The third kappa shape index (κ3) is 5.11. The summed E-state index contributed by atoms with van der Waals surface area (Å²) in [5.74, 6) is 0. The number of aryl methyl sites for hydroxylation is 1. The molecule has 0 spiro atoms. The van der Waals surface area contributed by atoms with Gasteiger partial charge in [0.2, 0.25) is 0 Å². The quantitative estimate of drug-likeness (QED) is 0.478. The van der Waals surface area contributed by atoms with E-state index in [1.807, 2.05) is 6.21 Å². The summed E-state index contributed by atoms with van der Waals surface area (Å²) in [5, 5.41) is 0. The molecule has 16 heavy (non-hydrogen) atoms. The Kier molecular flexibility index (Phi) is 6.55. The molecule has 1 heteroatoms. The predicted octanol–water partition coefficient (Wildman–Crippen LogP) is 4.25. The van der Waals surface area contributed by atoms with Gasteiger partial charge in [0.05, 0.1) is 0 Å². The molecule has 0 aliphatic rings. The second-order valence-electron chi connectivity index (χ2n) is 4.23. The maximum absolute atomic E-state index is 4.40. The number of unbranched alkanes of at least 4 members (excludes halogenated alkanes) is 2. The molecule has 0 bridgehead atoms. The summed E-state index contributed by atoms with van der Waals surface area (Å²) in [6.07, 6.45) is 8.13. The van der Waals surface area contributed by atoms with Crippen LogP contribution in [0.1, 0.15) is 50.7 Å². The summed E-state index contributed by atoms with van der Waals surface area (Å²) in [7, 11) is 0. The smallest absolute Gasteiger partial charge is 0.0389 e. The van der Waals surface area contributed by atoms with Gasteiger partial charge in [-0.2, -0.15) is 0 Å². The second kappa shape index (κ2) is 8.09. The second-order valence-corrected chi connectivity index (χ2v) is 4.23. The molecule has 1 rings (SSSR count). The van der Waals surface area contributed by atoms with Gasteiger partial charge in [-0.1, -0.05) is 51.0 Å². The van der Waals surface area contributed by atoms with Gasteiger partial charge in [0, 0.05) is 12.8 Å². The van der Waals surface area contributed by atoms with E-state index in [-0.39, 0.29) is 0 Å². The van der Waals surface area contributed by atoms with E-state index in [1.54, 1.807) is 0 Å². The highest BCUT2D eigenvalue weighted by Crippen LogP contribution is 2.06. The van der Waals surface area contributed by atoms with E-state index in [2.05, 4.69) is 43.1 Å². The molecule has 0 heterocycles. The largest absolute Gasteiger partial charge is 0.293 e. The first-order valence-corrected chi connectivity index (χ1v) is 6.45. The van der Waals surface area contributed by atoms with Gasteiger partial charge < -0.3 is 0 Å². The first kappa shape index (κ1) is 13.0. The van der Waals surface area contributed by atoms with Gasteiger partial charge in [-0.25, -0.2) is 0 Å². The third-order valence-electron chi connectivity index (χ3n) is 2.68. The van der Waals surface area contributed by atoms with Crippen LogP contribution in [-0.4, -0.2) is 12.8 Å². The number of hydrogen-bond acceptors (Lipinski definition) is 1. The average molecular weight is 217 g/mol. The van der Waals surface area contributed by atoms with Crippen molar-refractivity contribution in [3.8, 4) is 0 Å². The highest BCUT2D eigenvalue weighted by Gasteiger charge is 1.92. The van der Waals surface area contributed by atoms with Crippen LogP contribution in [0.2, 0.25) is 0 Å². The Hall–Kier alpha value is -1.11. The van der Waals surface area contributed by atoms with Crippen LogP contribution in [0.25, 0.3) is 0 Å². The van der Waals surface area contributed by atoms with Crippen LogP contribution >= 0.6 is 0 Å². The van der Waals surface area contributed by atoms with Crippen LogP contribution < -0.4 is 0 Å². The SMILES string of the molecule is CCCCN=Cc1ccc(CCCC)cc1. The molecule has 0 amide bonds. The molecule has 88 valence electrons. The van der Waals surface area contributed by atoms with E-state index in [4.69, 9.17) is 0 Å². The highest BCUT2D eigenvalue weighted by atomic mass is 14.7. The van der Waals surface area contributed by atoms with Crippen molar-refractivity contribution >= 4 is 6.21 Å². The maximum atomic E-state index is 4.40. The van der Waals surface area contributed by atoms with E-state index >= 15 is 0 Å². The molecule has 0 unspecified atom stereocenters. The standard InChI is InChI=1S/C15H23N/c1-3-5-7-14-8-10-15(11-9-14)13-16-12-6-4-2/h8-11,13H,3-7,12H2,1-2H3. The zero-order chi connectivity index (χ0) is 11.6. The topological polar surface area (TPSA) is 12.4 Å². The summed E-state index contributed by atoms with van der Waals surface area (Å²) in [6.45, 7) is 5.38. The van der Waals surface area contributed by atoms with Gasteiger partial charge in [-0.3, -0.25) is 4.99 Å². The minimum Gasteiger partial charge on any atom is -0.293 e. The maximum Gasteiger partial charge on any atom is 0.0389 e. The molecular formula is C15H23N. The Morgan fingerprint density at radius 2 is 1.69 bits per heavy atom.